The van der Waals surface area contributed by atoms with E-state index in [0.717, 1.165) is 22.2 Å². The van der Waals surface area contributed by atoms with Crippen LogP contribution in [0.1, 0.15) is 16.2 Å². The van der Waals surface area contributed by atoms with Crippen molar-refractivity contribution in [3.05, 3.63) is 29.6 Å². The Balaban J connectivity index is 1.88. The first-order chi connectivity index (χ1) is 18.8. The minimum absolute atomic E-state index is 0.191. The van der Waals surface area contributed by atoms with Crippen LogP contribution in [0.2, 0.25) is 0 Å². The largest absolute Gasteiger partial charge is 0.573 e. The Hall–Kier alpha value is -2.91. The van der Waals surface area contributed by atoms with Crippen molar-refractivity contribution in [1.29, 1.82) is 0 Å². The highest BCUT2D eigenvalue weighted by Crippen LogP contribution is 2.35. The van der Waals surface area contributed by atoms with Crippen LogP contribution in [-0.2, 0) is 5.34 Å². The molecular weight excluding hydrogens is 518 g/mol. The van der Waals surface area contributed by atoms with E-state index in [2.05, 4.69) is 4.74 Å². The number of ether oxygens (including phenoxy) is 2. The van der Waals surface area contributed by atoms with E-state index < -0.39 is 17.0 Å². The van der Waals surface area contributed by atoms with Crippen molar-refractivity contribution in [2.45, 2.75) is 17.0 Å². The molecule has 0 spiro atoms. The van der Waals surface area contributed by atoms with Crippen LogP contribution in [-0.4, -0.2) is 125 Å². The monoisotopic (exact) mass is 547 g/mol. The molecule has 1 aromatic heterocycles. The number of aromatic nitrogens is 2. The summed E-state index contributed by atoms with van der Waals surface area (Å²) in [6.45, 7) is 0.248. The minimum atomic E-state index is -4.80. The number of alkyl halides is 3. The summed E-state index contributed by atoms with van der Waals surface area (Å²) in [7, 11) is 20.4. The lowest BCUT2D eigenvalue weighted by Gasteiger charge is -2.47. The Kier molecular flexibility index (Phi) is 7.89. The summed E-state index contributed by atoms with van der Waals surface area (Å²) < 4.78 is 50.0. The van der Waals surface area contributed by atoms with Gasteiger partial charge in [0.15, 0.2) is 15.7 Å². The lowest BCUT2D eigenvalue weighted by Crippen LogP contribution is -2.66. The SMILES string of the molecule is Bc1nc(C(B)(B)N2C(=O)c3cc(-c4c(B)c(B)c(OC(F)(F)F)c(B)c4B)ccc3OCC2(B)B)nc(B)c1B. The average molecular weight is 545 g/mol. The first kappa shape index (κ1) is 31.0. The lowest BCUT2D eigenvalue weighted by atomic mass is 9.52. The van der Waals surface area contributed by atoms with E-state index in [0.29, 0.717) is 44.6 Å². The fraction of sp³-hybridized carbons (Fsp3) is 0.190. The maximum atomic E-state index is 14.5. The summed E-state index contributed by atoms with van der Waals surface area (Å²) in [5.41, 5.74) is 6.62. The van der Waals surface area contributed by atoms with Crippen LogP contribution in [0.3, 0.4) is 0 Å². The van der Waals surface area contributed by atoms with Gasteiger partial charge in [-0.05, 0) is 34.4 Å². The highest BCUT2D eigenvalue weighted by molar-refractivity contribution is 6.61. The third-order valence-electron chi connectivity index (χ3n) is 8.40. The van der Waals surface area contributed by atoms with E-state index in [1.807, 2.05) is 61.0 Å². The maximum absolute atomic E-state index is 14.5. The zero-order chi connectivity index (χ0) is 30.8. The van der Waals surface area contributed by atoms with Crippen LogP contribution in [0.5, 0.6) is 11.5 Å². The first-order valence-electron chi connectivity index (χ1n) is 13.6. The molecule has 41 heavy (non-hydrogen) atoms. The number of hydrogen-bond donors (Lipinski definition) is 0. The van der Waals surface area contributed by atoms with E-state index in [1.165, 1.54) is 0 Å². The molecule has 2 aromatic carbocycles. The van der Waals surface area contributed by atoms with Gasteiger partial charge in [0.2, 0.25) is 0 Å². The fourth-order valence-electron chi connectivity index (χ4n) is 5.83. The zero-order valence-electron chi connectivity index (χ0n) is 25.6. The molecule has 198 valence electrons. The van der Waals surface area contributed by atoms with Gasteiger partial charge in [-0.2, -0.15) is 0 Å². The number of fused-ring (bicyclic) bond motifs is 1. The summed E-state index contributed by atoms with van der Waals surface area (Å²) in [6.07, 6.45) is -4.80. The Morgan fingerprint density at radius 2 is 1.41 bits per heavy atom. The summed E-state index contributed by atoms with van der Waals surface area (Å²) in [4.78, 5) is 25.8. The van der Waals surface area contributed by atoms with Crippen LogP contribution in [0.25, 0.3) is 11.1 Å². The van der Waals surface area contributed by atoms with Gasteiger partial charge in [0.25, 0.3) is 5.91 Å². The van der Waals surface area contributed by atoms with E-state index in [1.54, 1.807) is 48.4 Å². The van der Waals surface area contributed by atoms with Crippen molar-refractivity contribution in [1.82, 2.24) is 14.9 Å². The number of hydrogen-bond acceptors (Lipinski definition) is 5. The summed E-state index contributed by atoms with van der Waals surface area (Å²) >= 11 is 0. The lowest BCUT2D eigenvalue weighted by molar-refractivity contribution is -0.273. The Morgan fingerprint density at radius 1 is 0.878 bits per heavy atom. The van der Waals surface area contributed by atoms with Gasteiger partial charge in [0.1, 0.15) is 87.9 Å². The smallest absolute Gasteiger partial charge is 0.492 e. The second-order valence-corrected chi connectivity index (χ2v) is 12.1. The van der Waals surface area contributed by atoms with Crippen molar-refractivity contribution in [3.63, 3.8) is 0 Å². The molecule has 0 bridgehead atoms. The highest BCUT2D eigenvalue weighted by atomic mass is 19.4. The molecule has 3 aromatic rings. The van der Waals surface area contributed by atoms with Gasteiger partial charge in [0.05, 0.1) is 12.2 Å². The number of amides is 1. The molecule has 1 aliphatic rings. The van der Waals surface area contributed by atoms with Gasteiger partial charge in [-0.1, -0.05) is 33.4 Å². The molecule has 4 rings (SSSR count). The third kappa shape index (κ3) is 5.51. The Labute approximate surface area is 248 Å². The second-order valence-electron chi connectivity index (χ2n) is 12.1. The number of nitrogens with zero attached hydrogens (tertiary/aromatic N) is 3. The minimum Gasteiger partial charge on any atom is -0.492 e. The van der Waals surface area contributed by atoms with Crippen molar-refractivity contribution in [3.8, 4) is 22.6 Å². The third-order valence-corrected chi connectivity index (χ3v) is 8.40. The molecule has 2 heterocycles. The van der Waals surface area contributed by atoms with Crippen LogP contribution >= 0.6 is 0 Å². The molecule has 0 unspecified atom stereocenters. The van der Waals surface area contributed by atoms with E-state index in [-0.39, 0.29) is 18.3 Å². The topological polar surface area (TPSA) is 64.6 Å². The predicted molar refractivity (Wildman–Crippen MR) is 188 cm³/mol. The molecule has 0 atom stereocenters. The highest BCUT2D eigenvalue weighted by Gasteiger charge is 2.46. The van der Waals surface area contributed by atoms with Crippen LogP contribution < -0.4 is 48.0 Å². The normalized spacial score (nSPS) is 15.1. The van der Waals surface area contributed by atoms with E-state index >= 15 is 0 Å². The summed E-state index contributed by atoms with van der Waals surface area (Å²) in [6, 6.07) is 5.37. The average Bonchev–Trinajstić information content (AvgIpc) is 2.96. The van der Waals surface area contributed by atoms with Gasteiger partial charge >= 0.3 is 6.36 Å². The van der Waals surface area contributed by atoms with Crippen LogP contribution in [0, 0.1) is 0 Å². The predicted octanol–water partition coefficient (Wildman–Crippen LogP) is -12.3. The molecule has 6 nitrogen and oxygen atoms in total. The molecule has 0 N–H and O–H groups in total. The number of rotatable bonds is 4. The number of carbonyl (C=O) groups is 1. The van der Waals surface area contributed by atoms with Gasteiger partial charge in [-0.3, -0.25) is 4.79 Å². The second kappa shape index (κ2) is 10.4. The van der Waals surface area contributed by atoms with Crippen LogP contribution in [0.4, 0.5) is 13.2 Å². The van der Waals surface area contributed by atoms with Crippen LogP contribution in [0.15, 0.2) is 18.2 Å². The van der Waals surface area contributed by atoms with Gasteiger partial charge in [-0.15, -0.1) is 13.2 Å². The Bertz CT molecular complexity index is 1540. The molecule has 0 saturated carbocycles. The molecule has 1 aliphatic heterocycles. The molecule has 0 radical (unpaired) electrons. The molecular formula is C21H27B11F3N3O3. The standard InChI is InChI=1S/C21H27B11F3N3O3/c22-9-8(10(23)12(25)14(11(9)24)41-21(33,34)35)5-1-2-7-6(3-5)17(39)38(19(29,30)4-40-7)20(31,32)18-36-15(27)13(26)16(28)37-18/h1-3H,4,22-32H2. The maximum Gasteiger partial charge on any atom is 0.573 e. The summed E-state index contributed by atoms with van der Waals surface area (Å²) in [5, 5.41) is -1.61. The molecule has 0 fully saturated rings. The first-order valence-corrected chi connectivity index (χ1v) is 13.6. The summed E-state index contributed by atoms with van der Waals surface area (Å²) in [5.74, 6) is 0.554. The van der Waals surface area contributed by atoms with E-state index in [4.69, 9.17) is 14.7 Å². The molecule has 1 amide bonds. The van der Waals surface area contributed by atoms with E-state index in [9.17, 15) is 18.0 Å². The molecule has 20 heteroatoms. The van der Waals surface area contributed by atoms with Crippen molar-refractivity contribution < 1.29 is 27.4 Å². The van der Waals surface area contributed by atoms with Gasteiger partial charge < -0.3 is 14.4 Å². The number of benzene rings is 2. The van der Waals surface area contributed by atoms with Gasteiger partial charge in [-0.25, -0.2) is 9.97 Å². The Morgan fingerprint density at radius 3 is 1.93 bits per heavy atom. The van der Waals surface area contributed by atoms with Crippen molar-refractivity contribution in [2.75, 3.05) is 6.61 Å². The number of halogens is 3. The molecule has 0 aliphatic carbocycles. The van der Waals surface area contributed by atoms with Gasteiger partial charge in [0, 0.05) is 10.7 Å². The van der Waals surface area contributed by atoms with Crippen molar-refractivity contribution >= 4 is 131 Å². The fourth-order valence-corrected chi connectivity index (χ4v) is 5.83. The quantitative estimate of drug-likeness (QED) is 0.305. The zero-order valence-corrected chi connectivity index (χ0v) is 25.6. The van der Waals surface area contributed by atoms with Crippen molar-refractivity contribution in [2.24, 2.45) is 0 Å². The number of carbonyl (C=O) groups excluding carboxylic acids is 1. The molecule has 0 saturated heterocycles.